The van der Waals surface area contributed by atoms with Crippen molar-refractivity contribution in [3.8, 4) is 5.75 Å². The smallest absolute Gasteiger partial charge is 0.307 e. The fourth-order valence-corrected chi connectivity index (χ4v) is 2.74. The molecule has 2 atom stereocenters. The Bertz CT molecular complexity index is 444. The zero-order valence-corrected chi connectivity index (χ0v) is 12.2. The molecule has 4 heteroatoms. The molecular formula is C16H23NO3. The Morgan fingerprint density at radius 1 is 1.45 bits per heavy atom. The van der Waals surface area contributed by atoms with Crippen LogP contribution in [0.3, 0.4) is 0 Å². The number of rotatable bonds is 6. The standard InChI is InChI=1S/C16H23NO3/c1-12(17-10-9-14(11-17)16(18)19)3-4-13-5-7-15(20-2)8-6-13/h5-8,12,14H,3-4,9-11H2,1-2H3,(H,18,19). The van der Waals surface area contributed by atoms with Gasteiger partial charge in [-0.3, -0.25) is 9.69 Å². The minimum Gasteiger partial charge on any atom is -0.497 e. The van der Waals surface area contributed by atoms with E-state index < -0.39 is 5.97 Å². The minimum atomic E-state index is -0.658. The Balaban J connectivity index is 1.80. The van der Waals surface area contributed by atoms with Crippen molar-refractivity contribution < 1.29 is 14.6 Å². The first-order chi connectivity index (χ1) is 9.60. The normalized spacial score (nSPS) is 20.8. The van der Waals surface area contributed by atoms with Gasteiger partial charge in [-0.05, 0) is 50.4 Å². The van der Waals surface area contributed by atoms with Gasteiger partial charge in [0, 0.05) is 12.6 Å². The number of carboxylic acids is 1. The lowest BCUT2D eigenvalue weighted by atomic mass is 10.1. The molecule has 0 amide bonds. The third-order valence-electron chi connectivity index (χ3n) is 4.20. The molecule has 2 unspecified atom stereocenters. The maximum absolute atomic E-state index is 11.0. The van der Waals surface area contributed by atoms with Crippen molar-refractivity contribution in [3.63, 3.8) is 0 Å². The van der Waals surface area contributed by atoms with Crippen molar-refractivity contribution >= 4 is 5.97 Å². The summed E-state index contributed by atoms with van der Waals surface area (Å²) in [6.45, 7) is 3.79. The highest BCUT2D eigenvalue weighted by molar-refractivity contribution is 5.70. The summed E-state index contributed by atoms with van der Waals surface area (Å²) in [5.74, 6) is 0.0407. The Morgan fingerprint density at radius 3 is 2.70 bits per heavy atom. The fourth-order valence-electron chi connectivity index (χ4n) is 2.74. The van der Waals surface area contributed by atoms with Gasteiger partial charge >= 0.3 is 5.97 Å². The van der Waals surface area contributed by atoms with Crippen LogP contribution in [0.4, 0.5) is 0 Å². The number of methoxy groups -OCH3 is 1. The minimum absolute atomic E-state index is 0.182. The highest BCUT2D eigenvalue weighted by atomic mass is 16.5. The maximum atomic E-state index is 11.0. The summed E-state index contributed by atoms with van der Waals surface area (Å²) in [4.78, 5) is 13.3. The number of aliphatic carboxylic acids is 1. The first-order valence-corrected chi connectivity index (χ1v) is 7.20. The first-order valence-electron chi connectivity index (χ1n) is 7.20. The van der Waals surface area contributed by atoms with Crippen LogP contribution < -0.4 is 4.74 Å². The molecule has 1 aromatic carbocycles. The van der Waals surface area contributed by atoms with Crippen LogP contribution in [0.15, 0.2) is 24.3 Å². The predicted molar refractivity (Wildman–Crippen MR) is 78.1 cm³/mol. The van der Waals surface area contributed by atoms with Crippen molar-refractivity contribution in [2.45, 2.75) is 32.2 Å². The van der Waals surface area contributed by atoms with Gasteiger partial charge in [0.05, 0.1) is 13.0 Å². The van der Waals surface area contributed by atoms with Crippen LogP contribution in [0.5, 0.6) is 5.75 Å². The molecule has 0 aromatic heterocycles. The van der Waals surface area contributed by atoms with E-state index in [0.29, 0.717) is 12.6 Å². The Kier molecular flexibility index (Phi) is 5.01. The molecule has 1 fully saturated rings. The molecule has 110 valence electrons. The van der Waals surface area contributed by atoms with Gasteiger partial charge in [0.25, 0.3) is 0 Å². The molecule has 0 spiro atoms. The van der Waals surface area contributed by atoms with Gasteiger partial charge in [0.15, 0.2) is 0 Å². The van der Waals surface area contributed by atoms with Gasteiger partial charge in [-0.2, -0.15) is 0 Å². The number of nitrogens with zero attached hydrogens (tertiary/aromatic N) is 1. The Labute approximate surface area is 120 Å². The summed E-state index contributed by atoms with van der Waals surface area (Å²) < 4.78 is 5.15. The second-order valence-corrected chi connectivity index (χ2v) is 5.55. The van der Waals surface area contributed by atoms with E-state index in [1.807, 2.05) is 12.1 Å². The van der Waals surface area contributed by atoms with Crippen LogP contribution in [0.2, 0.25) is 0 Å². The molecule has 20 heavy (non-hydrogen) atoms. The predicted octanol–water partition coefficient (Wildman–Crippen LogP) is 2.42. The van der Waals surface area contributed by atoms with E-state index in [1.165, 1.54) is 5.56 Å². The lowest BCUT2D eigenvalue weighted by Gasteiger charge is -2.24. The molecule has 4 nitrogen and oxygen atoms in total. The van der Waals surface area contributed by atoms with Gasteiger partial charge in [-0.25, -0.2) is 0 Å². The molecule has 0 aliphatic carbocycles. The molecular weight excluding hydrogens is 254 g/mol. The van der Waals surface area contributed by atoms with E-state index in [2.05, 4.69) is 24.0 Å². The number of aryl methyl sites for hydroxylation is 1. The SMILES string of the molecule is COc1ccc(CCC(C)N2CCC(C(=O)O)C2)cc1. The van der Waals surface area contributed by atoms with E-state index in [0.717, 1.165) is 31.6 Å². The van der Waals surface area contributed by atoms with Crippen LogP contribution in [-0.4, -0.2) is 42.2 Å². The molecule has 1 heterocycles. The first kappa shape index (κ1) is 14.9. The number of likely N-dealkylation sites (tertiary alicyclic amines) is 1. The fraction of sp³-hybridized carbons (Fsp3) is 0.562. The molecule has 0 bridgehead atoms. The van der Waals surface area contributed by atoms with E-state index >= 15 is 0 Å². The molecule has 2 rings (SSSR count). The average molecular weight is 277 g/mol. The Hall–Kier alpha value is -1.55. The lowest BCUT2D eigenvalue weighted by Crippen LogP contribution is -2.32. The number of ether oxygens (including phenoxy) is 1. The zero-order chi connectivity index (χ0) is 14.5. The van der Waals surface area contributed by atoms with Crippen molar-refractivity contribution in [2.75, 3.05) is 20.2 Å². The number of carbonyl (C=O) groups is 1. The highest BCUT2D eigenvalue weighted by Gasteiger charge is 2.30. The van der Waals surface area contributed by atoms with Crippen LogP contribution in [-0.2, 0) is 11.2 Å². The van der Waals surface area contributed by atoms with Crippen molar-refractivity contribution in [3.05, 3.63) is 29.8 Å². The lowest BCUT2D eigenvalue weighted by molar-refractivity contribution is -0.141. The summed E-state index contributed by atoms with van der Waals surface area (Å²) in [7, 11) is 1.67. The van der Waals surface area contributed by atoms with E-state index in [4.69, 9.17) is 9.84 Å². The summed E-state index contributed by atoms with van der Waals surface area (Å²) in [5, 5.41) is 9.03. The quantitative estimate of drug-likeness (QED) is 0.867. The number of benzene rings is 1. The number of hydrogen-bond acceptors (Lipinski definition) is 3. The molecule has 1 N–H and O–H groups in total. The topological polar surface area (TPSA) is 49.8 Å². The van der Waals surface area contributed by atoms with Crippen molar-refractivity contribution in [1.29, 1.82) is 0 Å². The van der Waals surface area contributed by atoms with Crippen LogP contribution >= 0.6 is 0 Å². The maximum Gasteiger partial charge on any atom is 0.307 e. The average Bonchev–Trinajstić information content (AvgIpc) is 2.95. The molecule has 1 saturated heterocycles. The summed E-state index contributed by atoms with van der Waals surface area (Å²) in [5.41, 5.74) is 1.30. The van der Waals surface area contributed by atoms with Gasteiger partial charge in [0.2, 0.25) is 0 Å². The molecule has 1 aliphatic heterocycles. The van der Waals surface area contributed by atoms with Gasteiger partial charge < -0.3 is 9.84 Å². The molecule has 0 saturated carbocycles. The van der Waals surface area contributed by atoms with Crippen molar-refractivity contribution in [2.24, 2.45) is 5.92 Å². The van der Waals surface area contributed by atoms with Gasteiger partial charge in [-0.15, -0.1) is 0 Å². The van der Waals surface area contributed by atoms with Crippen LogP contribution in [0.25, 0.3) is 0 Å². The summed E-state index contributed by atoms with van der Waals surface area (Å²) in [6, 6.07) is 8.58. The van der Waals surface area contributed by atoms with Gasteiger partial charge in [0.1, 0.15) is 5.75 Å². The summed E-state index contributed by atoms with van der Waals surface area (Å²) in [6.07, 6.45) is 2.85. The Morgan fingerprint density at radius 2 is 2.15 bits per heavy atom. The molecule has 1 aromatic rings. The van der Waals surface area contributed by atoms with Gasteiger partial charge in [-0.1, -0.05) is 12.1 Å². The van der Waals surface area contributed by atoms with Crippen LogP contribution in [0, 0.1) is 5.92 Å². The monoisotopic (exact) mass is 277 g/mol. The van der Waals surface area contributed by atoms with E-state index in [9.17, 15) is 4.79 Å². The number of carboxylic acid groups (broad SMARTS) is 1. The zero-order valence-electron chi connectivity index (χ0n) is 12.2. The third kappa shape index (κ3) is 3.73. The molecule has 0 radical (unpaired) electrons. The number of hydrogen-bond donors (Lipinski definition) is 1. The van der Waals surface area contributed by atoms with Crippen molar-refractivity contribution in [1.82, 2.24) is 4.90 Å². The van der Waals surface area contributed by atoms with E-state index in [1.54, 1.807) is 7.11 Å². The highest BCUT2D eigenvalue weighted by Crippen LogP contribution is 2.21. The van der Waals surface area contributed by atoms with Crippen LogP contribution in [0.1, 0.15) is 25.3 Å². The van der Waals surface area contributed by atoms with E-state index in [-0.39, 0.29) is 5.92 Å². The second kappa shape index (κ2) is 6.75. The molecule has 1 aliphatic rings. The third-order valence-corrected chi connectivity index (χ3v) is 4.20. The largest absolute Gasteiger partial charge is 0.497 e. The summed E-state index contributed by atoms with van der Waals surface area (Å²) >= 11 is 0. The second-order valence-electron chi connectivity index (χ2n) is 5.55.